The van der Waals surface area contributed by atoms with Gasteiger partial charge in [-0.05, 0) is 39.2 Å². The van der Waals surface area contributed by atoms with Gasteiger partial charge in [0.2, 0.25) is 5.65 Å². The Labute approximate surface area is 124 Å². The van der Waals surface area contributed by atoms with Crippen molar-refractivity contribution in [2.45, 2.75) is 32.6 Å². The van der Waals surface area contributed by atoms with Gasteiger partial charge in [0.05, 0.1) is 0 Å². The zero-order chi connectivity index (χ0) is 14.3. The Morgan fingerprint density at radius 3 is 3.00 bits per heavy atom. The number of fused-ring (bicyclic) bond motifs is 1. The molecule has 6 nitrogen and oxygen atoms in total. The van der Waals surface area contributed by atoms with E-state index >= 15 is 0 Å². The van der Waals surface area contributed by atoms with Crippen molar-refractivity contribution in [2.75, 3.05) is 31.1 Å². The molecule has 0 radical (unpaired) electrons. The van der Waals surface area contributed by atoms with Crippen LogP contribution in [0, 0.1) is 12.3 Å². The number of rotatable bonds is 1. The third-order valence-electron chi connectivity index (χ3n) is 5.00. The molecule has 1 spiro atoms. The Kier molecular flexibility index (Phi) is 3.06. The fourth-order valence-corrected chi connectivity index (χ4v) is 3.92. The second-order valence-corrected chi connectivity index (χ2v) is 6.50. The molecule has 0 amide bonds. The van der Waals surface area contributed by atoms with Crippen molar-refractivity contribution >= 4 is 11.5 Å². The van der Waals surface area contributed by atoms with E-state index in [1.54, 1.807) is 0 Å². The number of piperidine rings is 2. The van der Waals surface area contributed by atoms with Gasteiger partial charge in [-0.2, -0.15) is 0 Å². The summed E-state index contributed by atoms with van der Waals surface area (Å²) < 4.78 is 2.03. The molecular formula is C15H22N6. The quantitative estimate of drug-likeness (QED) is 0.859. The summed E-state index contributed by atoms with van der Waals surface area (Å²) in [6.45, 7) is 6.43. The van der Waals surface area contributed by atoms with Gasteiger partial charge in [0, 0.05) is 37.4 Å². The lowest BCUT2D eigenvalue weighted by Crippen LogP contribution is -2.51. The summed E-state index contributed by atoms with van der Waals surface area (Å²) in [6.07, 6.45) is 8.97. The summed E-state index contributed by atoms with van der Waals surface area (Å²) in [5.74, 6) is 1.91. The van der Waals surface area contributed by atoms with Crippen molar-refractivity contribution in [2.24, 2.45) is 5.41 Å². The molecule has 2 aliphatic heterocycles. The van der Waals surface area contributed by atoms with E-state index in [1.165, 1.54) is 32.2 Å². The lowest BCUT2D eigenvalue weighted by molar-refractivity contribution is 0.173. The summed E-state index contributed by atoms with van der Waals surface area (Å²) in [7, 11) is 0. The molecule has 4 heterocycles. The number of nitrogens with one attached hydrogen (secondary N) is 1. The normalized spacial score (nSPS) is 26.6. The summed E-state index contributed by atoms with van der Waals surface area (Å²) >= 11 is 0. The van der Waals surface area contributed by atoms with Crippen LogP contribution in [-0.4, -0.2) is 45.8 Å². The molecule has 1 unspecified atom stereocenters. The van der Waals surface area contributed by atoms with E-state index in [4.69, 9.17) is 0 Å². The number of anilines is 1. The van der Waals surface area contributed by atoms with E-state index in [-0.39, 0.29) is 0 Å². The average Bonchev–Trinajstić information content (AvgIpc) is 2.90. The average molecular weight is 286 g/mol. The topological polar surface area (TPSA) is 58.4 Å². The van der Waals surface area contributed by atoms with Gasteiger partial charge in [-0.25, -0.2) is 4.98 Å². The van der Waals surface area contributed by atoms with Crippen LogP contribution in [0.15, 0.2) is 12.4 Å². The first kappa shape index (κ1) is 13.0. The molecule has 112 valence electrons. The van der Waals surface area contributed by atoms with Gasteiger partial charge in [0.15, 0.2) is 5.82 Å². The molecule has 2 saturated heterocycles. The van der Waals surface area contributed by atoms with Crippen molar-refractivity contribution in [1.29, 1.82) is 0 Å². The Morgan fingerprint density at radius 1 is 1.24 bits per heavy atom. The summed E-state index contributed by atoms with van der Waals surface area (Å²) in [5.41, 5.74) is 1.30. The highest BCUT2D eigenvalue weighted by atomic mass is 15.3. The van der Waals surface area contributed by atoms with E-state index in [9.17, 15) is 0 Å². The Hall–Kier alpha value is -1.69. The lowest BCUT2D eigenvalue weighted by Gasteiger charge is -2.45. The monoisotopic (exact) mass is 286 g/mol. The van der Waals surface area contributed by atoms with E-state index in [0.717, 1.165) is 36.9 Å². The molecule has 1 N–H and O–H groups in total. The summed E-state index contributed by atoms with van der Waals surface area (Å²) in [6, 6.07) is 0. The molecule has 2 aliphatic rings. The maximum Gasteiger partial charge on any atom is 0.203 e. The Morgan fingerprint density at radius 2 is 2.14 bits per heavy atom. The maximum atomic E-state index is 4.60. The maximum absolute atomic E-state index is 4.60. The lowest BCUT2D eigenvalue weighted by atomic mass is 9.74. The smallest absolute Gasteiger partial charge is 0.203 e. The Balaban J connectivity index is 1.68. The van der Waals surface area contributed by atoms with Crippen LogP contribution in [0.4, 0.5) is 5.82 Å². The fourth-order valence-electron chi connectivity index (χ4n) is 3.92. The van der Waals surface area contributed by atoms with Crippen molar-refractivity contribution in [3.8, 4) is 0 Å². The van der Waals surface area contributed by atoms with Crippen LogP contribution in [-0.2, 0) is 0 Å². The van der Waals surface area contributed by atoms with Gasteiger partial charge >= 0.3 is 0 Å². The molecule has 4 rings (SSSR count). The number of aromatic nitrogens is 4. The minimum atomic E-state index is 0.417. The van der Waals surface area contributed by atoms with Gasteiger partial charge in [0.25, 0.3) is 0 Å². The van der Waals surface area contributed by atoms with Crippen LogP contribution in [0.25, 0.3) is 5.65 Å². The predicted octanol–water partition coefficient (Wildman–Crippen LogP) is 1.40. The van der Waals surface area contributed by atoms with Crippen LogP contribution in [0.2, 0.25) is 0 Å². The third kappa shape index (κ3) is 2.18. The first-order valence-corrected chi connectivity index (χ1v) is 7.90. The second-order valence-electron chi connectivity index (χ2n) is 6.50. The molecule has 0 saturated carbocycles. The first-order chi connectivity index (χ1) is 10.3. The van der Waals surface area contributed by atoms with Crippen molar-refractivity contribution in [3.05, 3.63) is 18.2 Å². The second kappa shape index (κ2) is 4.94. The van der Waals surface area contributed by atoms with E-state index in [2.05, 4.69) is 25.4 Å². The third-order valence-corrected chi connectivity index (χ3v) is 5.00. The molecule has 0 aliphatic carbocycles. The molecular weight excluding hydrogens is 264 g/mol. The first-order valence-electron chi connectivity index (χ1n) is 7.90. The summed E-state index contributed by atoms with van der Waals surface area (Å²) in [4.78, 5) is 7.02. The molecule has 21 heavy (non-hydrogen) atoms. The van der Waals surface area contributed by atoms with Crippen LogP contribution < -0.4 is 10.2 Å². The highest BCUT2D eigenvalue weighted by molar-refractivity contribution is 5.64. The number of aryl methyl sites for hydroxylation is 1. The molecule has 0 aromatic carbocycles. The van der Waals surface area contributed by atoms with Crippen LogP contribution in [0.5, 0.6) is 0 Å². The van der Waals surface area contributed by atoms with Gasteiger partial charge in [-0.15, -0.1) is 10.2 Å². The molecule has 1 atom stereocenters. The molecule has 0 bridgehead atoms. The molecule has 2 aromatic heterocycles. The van der Waals surface area contributed by atoms with Crippen molar-refractivity contribution < 1.29 is 0 Å². The number of hydrogen-bond donors (Lipinski definition) is 1. The van der Waals surface area contributed by atoms with E-state index < -0.39 is 0 Å². The van der Waals surface area contributed by atoms with Crippen LogP contribution >= 0.6 is 0 Å². The summed E-state index contributed by atoms with van der Waals surface area (Å²) in [5, 5.41) is 12.1. The highest BCUT2D eigenvalue weighted by Crippen LogP contribution is 2.37. The fraction of sp³-hybridized carbons (Fsp3) is 0.667. The van der Waals surface area contributed by atoms with Crippen molar-refractivity contribution in [1.82, 2.24) is 24.9 Å². The zero-order valence-electron chi connectivity index (χ0n) is 12.5. The predicted molar refractivity (Wildman–Crippen MR) is 81.5 cm³/mol. The van der Waals surface area contributed by atoms with Gasteiger partial charge in [-0.1, -0.05) is 0 Å². The highest BCUT2D eigenvalue weighted by Gasteiger charge is 2.37. The largest absolute Gasteiger partial charge is 0.353 e. The zero-order valence-corrected chi connectivity index (χ0v) is 12.5. The molecule has 2 aromatic rings. The van der Waals surface area contributed by atoms with Gasteiger partial charge in [-0.3, -0.25) is 4.40 Å². The minimum Gasteiger partial charge on any atom is -0.353 e. The van der Waals surface area contributed by atoms with Crippen LogP contribution in [0.1, 0.15) is 31.5 Å². The SMILES string of the molecule is Cc1nnc2c(N3CCCC4(CCCNC4)C3)nccn12. The number of nitrogens with zero attached hydrogens (tertiary/aromatic N) is 5. The minimum absolute atomic E-state index is 0.417. The Bertz CT molecular complexity index is 637. The molecule has 6 heteroatoms. The van der Waals surface area contributed by atoms with Gasteiger partial charge in [0.1, 0.15) is 5.82 Å². The van der Waals surface area contributed by atoms with E-state index in [1.807, 2.05) is 23.7 Å². The standard InChI is InChI=1S/C15H22N6/c1-12-18-19-14-13(17-7-9-21(12)14)20-8-3-5-15(11-20)4-2-6-16-10-15/h7,9,16H,2-6,8,10-11H2,1H3. The molecule has 2 fully saturated rings. The number of hydrogen-bond acceptors (Lipinski definition) is 5. The van der Waals surface area contributed by atoms with Crippen LogP contribution in [0.3, 0.4) is 0 Å². The van der Waals surface area contributed by atoms with E-state index in [0.29, 0.717) is 5.41 Å². The van der Waals surface area contributed by atoms with Crippen molar-refractivity contribution in [3.63, 3.8) is 0 Å². The van der Waals surface area contributed by atoms with Gasteiger partial charge < -0.3 is 10.2 Å².